The molecule has 7 heteroatoms. The summed E-state index contributed by atoms with van der Waals surface area (Å²) in [6, 6.07) is 5.02. The molecule has 5 nitrogen and oxygen atoms in total. The minimum absolute atomic E-state index is 0. The first-order chi connectivity index (χ1) is 8.08. The van der Waals surface area contributed by atoms with Crippen LogP contribution in [-0.4, -0.2) is 23.0 Å². The van der Waals surface area contributed by atoms with E-state index in [1.165, 1.54) is 0 Å². The smallest absolute Gasteiger partial charge is 0.723 e. The zero-order chi connectivity index (χ0) is 12.8. The van der Waals surface area contributed by atoms with E-state index in [1.54, 1.807) is 25.1 Å². The van der Waals surface area contributed by atoms with Crippen molar-refractivity contribution in [2.24, 2.45) is 0 Å². The van der Waals surface area contributed by atoms with Gasteiger partial charge in [0, 0.05) is 5.69 Å². The zero-order valence-electron chi connectivity index (χ0n) is 10.3. The summed E-state index contributed by atoms with van der Waals surface area (Å²) in [6.07, 6.45) is -1.24. The molecule has 1 aromatic carbocycles. The maximum Gasteiger partial charge on any atom is 1.00 e. The van der Waals surface area contributed by atoms with Crippen LogP contribution in [0.2, 0.25) is 0 Å². The number of aliphatic hydroxyl groups is 1. The van der Waals surface area contributed by atoms with Gasteiger partial charge in [-0.15, -0.1) is 11.6 Å². The van der Waals surface area contributed by atoms with E-state index in [-0.39, 0.29) is 42.0 Å². The van der Waals surface area contributed by atoms with Crippen LogP contribution in [0.25, 0.3) is 0 Å². The summed E-state index contributed by atoms with van der Waals surface area (Å²) in [6.45, 7) is 1.75. The number of anilines is 1. The van der Waals surface area contributed by atoms with E-state index in [0.717, 1.165) is 5.56 Å². The molecule has 94 valence electrons. The molecular weight excluding hydrogens is 269 g/mol. The van der Waals surface area contributed by atoms with Crippen molar-refractivity contribution in [2.45, 2.75) is 19.6 Å². The number of aliphatic hydroxyl groups excluding tert-OH is 1. The maximum absolute atomic E-state index is 11.4. The molecule has 1 atom stereocenters. The molecule has 18 heavy (non-hydrogen) atoms. The van der Waals surface area contributed by atoms with Crippen molar-refractivity contribution in [3.63, 3.8) is 0 Å². The number of nitrogens with one attached hydrogen (secondary N) is 1. The van der Waals surface area contributed by atoms with Gasteiger partial charge in [0.1, 0.15) is 6.10 Å². The van der Waals surface area contributed by atoms with E-state index in [4.69, 9.17) is 11.6 Å². The Balaban J connectivity index is 0.00000289. The van der Waals surface area contributed by atoms with Gasteiger partial charge in [-0.1, -0.05) is 12.1 Å². The minimum atomic E-state index is -1.24. The molecule has 0 saturated carbocycles. The average molecular weight is 282 g/mol. The molecule has 0 bridgehead atoms. The van der Waals surface area contributed by atoms with Crippen LogP contribution < -0.4 is 40.1 Å². The van der Waals surface area contributed by atoms with E-state index >= 15 is 0 Å². The molecule has 1 aromatic rings. The summed E-state index contributed by atoms with van der Waals surface area (Å²) in [5.74, 6) is -0.719. The van der Waals surface area contributed by atoms with Crippen molar-refractivity contribution >= 4 is 23.2 Å². The monoisotopic (exact) mass is 281 g/mol. The summed E-state index contributed by atoms with van der Waals surface area (Å²) in [5, 5.41) is 21.7. The standard InChI is InChI=1S/C11H14ClNO4.Na/c1-7-4-8(6-17-16)2-3-9(7)13-11(15)10(14)5-12;/h2-4,10,14,16H,5-6H2,1H3,(H,13,15);/q;+1/p-1. The van der Waals surface area contributed by atoms with Gasteiger partial charge in [-0.3, -0.25) is 4.79 Å². The molecule has 0 heterocycles. The fourth-order valence-corrected chi connectivity index (χ4v) is 1.45. The number of carbonyl (C=O) groups is 1. The number of carbonyl (C=O) groups excluding carboxylic acids is 1. The van der Waals surface area contributed by atoms with Crippen LogP contribution in [-0.2, 0) is 16.3 Å². The SMILES string of the molecule is Cc1cc(CO[O-])ccc1NC(=O)C(O)CCl.[Na+]. The summed E-state index contributed by atoms with van der Waals surface area (Å²) < 4.78 is 0. The molecular formula is C11H13ClNNaO4. The molecule has 0 fully saturated rings. The van der Waals surface area contributed by atoms with E-state index in [1.807, 2.05) is 0 Å². The number of halogens is 1. The van der Waals surface area contributed by atoms with Crippen molar-refractivity contribution in [2.75, 3.05) is 11.2 Å². The molecule has 0 aromatic heterocycles. The second kappa shape index (κ2) is 8.87. The Morgan fingerprint density at radius 1 is 1.61 bits per heavy atom. The molecule has 0 saturated heterocycles. The number of amides is 1. The average Bonchev–Trinajstić information content (AvgIpc) is 2.31. The van der Waals surface area contributed by atoms with Gasteiger partial charge < -0.3 is 20.6 Å². The van der Waals surface area contributed by atoms with Crippen LogP contribution in [0.3, 0.4) is 0 Å². The number of aryl methyl sites for hydroxylation is 1. The van der Waals surface area contributed by atoms with Crippen molar-refractivity contribution < 1.29 is 49.6 Å². The summed E-state index contributed by atoms with van der Waals surface area (Å²) >= 11 is 5.36. The third-order valence-electron chi connectivity index (χ3n) is 2.22. The zero-order valence-corrected chi connectivity index (χ0v) is 13.0. The van der Waals surface area contributed by atoms with Gasteiger partial charge in [-0.2, -0.15) is 0 Å². The third-order valence-corrected chi connectivity index (χ3v) is 2.52. The van der Waals surface area contributed by atoms with Crippen LogP contribution in [0.15, 0.2) is 18.2 Å². The van der Waals surface area contributed by atoms with E-state index < -0.39 is 12.0 Å². The first-order valence-corrected chi connectivity index (χ1v) is 5.51. The predicted octanol–water partition coefficient (Wildman–Crippen LogP) is -2.67. The number of benzene rings is 1. The molecule has 0 aliphatic heterocycles. The predicted molar refractivity (Wildman–Crippen MR) is 61.3 cm³/mol. The van der Waals surface area contributed by atoms with Crippen LogP contribution >= 0.6 is 11.6 Å². The summed E-state index contributed by atoms with van der Waals surface area (Å²) in [4.78, 5) is 15.2. The second-order valence-corrected chi connectivity index (χ2v) is 3.88. The van der Waals surface area contributed by atoms with E-state index in [2.05, 4.69) is 10.2 Å². The van der Waals surface area contributed by atoms with E-state index in [0.29, 0.717) is 11.3 Å². The van der Waals surface area contributed by atoms with Gasteiger partial charge >= 0.3 is 29.6 Å². The molecule has 1 amide bonds. The Hall–Kier alpha value is -0.140. The fourth-order valence-electron chi connectivity index (χ4n) is 1.31. The first kappa shape index (κ1) is 17.9. The third kappa shape index (κ3) is 5.24. The number of hydrogen-bond donors (Lipinski definition) is 2. The van der Waals surface area contributed by atoms with Crippen molar-refractivity contribution in [1.82, 2.24) is 0 Å². The first-order valence-electron chi connectivity index (χ1n) is 4.97. The summed E-state index contributed by atoms with van der Waals surface area (Å²) in [5.41, 5.74) is 2.05. The molecule has 0 aliphatic carbocycles. The van der Waals surface area contributed by atoms with E-state index in [9.17, 15) is 15.2 Å². The maximum atomic E-state index is 11.4. The normalized spacial score (nSPS) is 11.6. The second-order valence-electron chi connectivity index (χ2n) is 3.57. The molecule has 1 unspecified atom stereocenters. The van der Waals surface area contributed by atoms with Gasteiger partial charge in [0.2, 0.25) is 0 Å². The van der Waals surface area contributed by atoms with Crippen molar-refractivity contribution in [1.29, 1.82) is 0 Å². The summed E-state index contributed by atoms with van der Waals surface area (Å²) in [7, 11) is 0. The Morgan fingerprint density at radius 3 is 2.78 bits per heavy atom. The van der Waals surface area contributed by atoms with Gasteiger partial charge in [0.15, 0.2) is 0 Å². The Kier molecular flexibility index (Phi) is 8.81. The van der Waals surface area contributed by atoms with Crippen LogP contribution in [0.4, 0.5) is 5.69 Å². The minimum Gasteiger partial charge on any atom is -0.723 e. The topological polar surface area (TPSA) is 81.6 Å². The molecule has 0 aliphatic rings. The van der Waals surface area contributed by atoms with Gasteiger partial charge in [-0.25, -0.2) is 0 Å². The number of alkyl halides is 1. The molecule has 1 rings (SSSR count). The van der Waals surface area contributed by atoms with Crippen LogP contribution in [0.5, 0.6) is 0 Å². The Bertz CT molecular complexity index is 403. The van der Waals surface area contributed by atoms with Gasteiger partial charge in [0.25, 0.3) is 5.91 Å². The van der Waals surface area contributed by atoms with Crippen molar-refractivity contribution in [3.05, 3.63) is 29.3 Å². The number of rotatable bonds is 5. The quantitative estimate of drug-likeness (QED) is 0.267. The van der Waals surface area contributed by atoms with Crippen LogP contribution in [0, 0.1) is 6.92 Å². The molecule has 0 spiro atoms. The number of hydrogen-bond acceptors (Lipinski definition) is 4. The van der Waals surface area contributed by atoms with Crippen LogP contribution in [0.1, 0.15) is 11.1 Å². The Labute approximate surface area is 132 Å². The van der Waals surface area contributed by atoms with Gasteiger partial charge in [-0.05, 0) is 24.1 Å². The van der Waals surface area contributed by atoms with Crippen molar-refractivity contribution in [3.8, 4) is 0 Å². The Morgan fingerprint density at radius 2 is 2.28 bits per heavy atom. The molecule has 0 radical (unpaired) electrons. The van der Waals surface area contributed by atoms with Gasteiger partial charge in [0.05, 0.1) is 12.5 Å². The molecule has 2 N–H and O–H groups in total. The fraction of sp³-hybridized carbons (Fsp3) is 0.364. The largest absolute Gasteiger partial charge is 1.00 e.